The number of anilines is 1. The largest absolute Gasteiger partial charge is 0.329 e. The predicted molar refractivity (Wildman–Crippen MR) is 82.0 cm³/mol. The third kappa shape index (κ3) is 4.45. The molecule has 20 heavy (non-hydrogen) atoms. The molecule has 0 aromatic heterocycles. The lowest BCUT2D eigenvalue weighted by atomic mass is 10.3. The van der Waals surface area contributed by atoms with Gasteiger partial charge < -0.3 is 11.1 Å². The van der Waals surface area contributed by atoms with Gasteiger partial charge in [-0.1, -0.05) is 23.7 Å². The summed E-state index contributed by atoms with van der Waals surface area (Å²) >= 11 is 6.02. The molecular weight excluding hydrogens is 276 g/mol. The minimum atomic E-state index is -0.0228. The van der Waals surface area contributed by atoms with Gasteiger partial charge in [0.05, 0.1) is 17.3 Å². The van der Waals surface area contributed by atoms with Crippen molar-refractivity contribution in [1.29, 1.82) is 0 Å². The Bertz CT molecular complexity index is 447. The number of rotatable bonds is 5. The van der Waals surface area contributed by atoms with Crippen LogP contribution >= 0.6 is 11.6 Å². The predicted octanol–water partition coefficient (Wildman–Crippen LogP) is 0.855. The molecule has 2 rings (SSSR count). The molecule has 0 bridgehead atoms. The van der Waals surface area contributed by atoms with Crippen LogP contribution in [-0.4, -0.2) is 61.5 Å². The fraction of sp³-hybridized carbons (Fsp3) is 0.500. The first-order valence-electron chi connectivity index (χ1n) is 6.88. The molecule has 0 atom stereocenters. The van der Waals surface area contributed by atoms with Crippen LogP contribution in [0.2, 0.25) is 5.02 Å². The standard InChI is InChI=1S/C14H21ClN4O/c15-12-3-1-2-4-13(12)17-14(20)11-19-9-7-18(6-5-16)8-10-19/h1-4H,5-11,16H2,(H,17,20). The van der Waals surface area contributed by atoms with Crippen LogP contribution in [0.1, 0.15) is 0 Å². The van der Waals surface area contributed by atoms with Gasteiger partial charge in [0.2, 0.25) is 5.91 Å². The van der Waals surface area contributed by atoms with Gasteiger partial charge in [-0.15, -0.1) is 0 Å². The topological polar surface area (TPSA) is 61.6 Å². The van der Waals surface area contributed by atoms with Gasteiger partial charge in [-0.25, -0.2) is 0 Å². The number of halogens is 1. The molecule has 5 nitrogen and oxygen atoms in total. The summed E-state index contributed by atoms with van der Waals surface area (Å²) in [6.45, 7) is 5.76. The van der Waals surface area contributed by atoms with Crippen molar-refractivity contribution in [2.75, 3.05) is 51.1 Å². The number of carbonyl (C=O) groups is 1. The average molecular weight is 297 g/mol. The third-order valence-corrected chi connectivity index (χ3v) is 3.75. The second-order valence-corrected chi connectivity index (χ2v) is 5.34. The van der Waals surface area contributed by atoms with E-state index in [1.165, 1.54) is 0 Å². The molecule has 3 N–H and O–H groups in total. The molecule has 0 aliphatic carbocycles. The number of amides is 1. The van der Waals surface area contributed by atoms with Gasteiger partial charge in [-0.05, 0) is 12.1 Å². The summed E-state index contributed by atoms with van der Waals surface area (Å²) < 4.78 is 0. The number of carbonyl (C=O) groups excluding carboxylic acids is 1. The second kappa shape index (κ2) is 7.59. The van der Waals surface area contributed by atoms with E-state index in [0.29, 0.717) is 23.8 Å². The second-order valence-electron chi connectivity index (χ2n) is 4.93. The fourth-order valence-corrected chi connectivity index (χ4v) is 2.49. The van der Waals surface area contributed by atoms with Crippen LogP contribution in [0.5, 0.6) is 0 Å². The van der Waals surface area contributed by atoms with Crippen LogP contribution < -0.4 is 11.1 Å². The van der Waals surface area contributed by atoms with E-state index < -0.39 is 0 Å². The van der Waals surface area contributed by atoms with Crippen LogP contribution in [0.25, 0.3) is 0 Å². The van der Waals surface area contributed by atoms with Crippen molar-refractivity contribution in [2.24, 2.45) is 5.73 Å². The number of nitrogens with zero attached hydrogens (tertiary/aromatic N) is 2. The van der Waals surface area contributed by atoms with E-state index in [2.05, 4.69) is 15.1 Å². The van der Waals surface area contributed by atoms with Crippen molar-refractivity contribution in [3.8, 4) is 0 Å². The number of nitrogens with two attached hydrogens (primary N) is 1. The number of para-hydroxylation sites is 1. The van der Waals surface area contributed by atoms with Gasteiger partial charge in [0.1, 0.15) is 0 Å². The molecule has 1 aromatic carbocycles. The quantitative estimate of drug-likeness (QED) is 0.846. The van der Waals surface area contributed by atoms with Gasteiger partial charge in [0.15, 0.2) is 0 Å². The Balaban J connectivity index is 1.77. The molecule has 0 radical (unpaired) electrons. The highest BCUT2D eigenvalue weighted by Crippen LogP contribution is 2.20. The Kier molecular flexibility index (Phi) is 5.79. The van der Waals surface area contributed by atoms with Crippen molar-refractivity contribution < 1.29 is 4.79 Å². The summed E-state index contributed by atoms with van der Waals surface area (Å²) in [5.74, 6) is -0.0228. The summed E-state index contributed by atoms with van der Waals surface area (Å²) in [4.78, 5) is 16.5. The lowest BCUT2D eigenvalue weighted by Gasteiger charge is -2.33. The molecule has 6 heteroatoms. The molecular formula is C14H21ClN4O. The maximum Gasteiger partial charge on any atom is 0.238 e. The molecule has 1 heterocycles. The Morgan fingerprint density at radius 3 is 2.50 bits per heavy atom. The molecule has 1 aliphatic heterocycles. The Labute approximate surface area is 124 Å². The van der Waals surface area contributed by atoms with Crippen LogP contribution in [-0.2, 0) is 4.79 Å². The van der Waals surface area contributed by atoms with E-state index >= 15 is 0 Å². The zero-order chi connectivity index (χ0) is 14.4. The minimum absolute atomic E-state index is 0.0228. The zero-order valence-electron chi connectivity index (χ0n) is 11.5. The summed E-state index contributed by atoms with van der Waals surface area (Å²) in [6.07, 6.45) is 0. The van der Waals surface area contributed by atoms with Crippen molar-refractivity contribution in [1.82, 2.24) is 9.80 Å². The fourth-order valence-electron chi connectivity index (χ4n) is 2.31. The van der Waals surface area contributed by atoms with E-state index in [0.717, 1.165) is 32.7 Å². The monoisotopic (exact) mass is 296 g/mol. The lowest BCUT2D eigenvalue weighted by Crippen LogP contribution is -2.49. The minimum Gasteiger partial charge on any atom is -0.329 e. The van der Waals surface area contributed by atoms with Crippen molar-refractivity contribution in [3.05, 3.63) is 29.3 Å². The molecule has 1 fully saturated rings. The van der Waals surface area contributed by atoms with Crippen LogP contribution in [0.15, 0.2) is 24.3 Å². The molecule has 0 saturated carbocycles. The van der Waals surface area contributed by atoms with Crippen LogP contribution in [0.4, 0.5) is 5.69 Å². The average Bonchev–Trinajstić information content (AvgIpc) is 2.44. The zero-order valence-corrected chi connectivity index (χ0v) is 12.3. The highest BCUT2D eigenvalue weighted by Gasteiger charge is 2.18. The molecule has 1 aromatic rings. The third-order valence-electron chi connectivity index (χ3n) is 3.43. The number of benzene rings is 1. The van der Waals surface area contributed by atoms with E-state index in [9.17, 15) is 4.79 Å². The highest BCUT2D eigenvalue weighted by molar-refractivity contribution is 6.33. The van der Waals surface area contributed by atoms with Gasteiger partial charge in [0.25, 0.3) is 0 Å². The van der Waals surface area contributed by atoms with E-state index in [-0.39, 0.29) is 5.91 Å². The first-order valence-corrected chi connectivity index (χ1v) is 7.26. The van der Waals surface area contributed by atoms with Gasteiger partial charge in [0, 0.05) is 39.3 Å². The molecule has 1 aliphatic rings. The van der Waals surface area contributed by atoms with Crippen molar-refractivity contribution in [3.63, 3.8) is 0 Å². The number of nitrogens with one attached hydrogen (secondary N) is 1. The summed E-state index contributed by atoms with van der Waals surface area (Å²) in [5, 5.41) is 3.41. The Morgan fingerprint density at radius 1 is 1.20 bits per heavy atom. The first kappa shape index (κ1) is 15.3. The van der Waals surface area contributed by atoms with E-state index in [1.54, 1.807) is 12.1 Å². The maximum absolute atomic E-state index is 12.0. The lowest BCUT2D eigenvalue weighted by molar-refractivity contribution is -0.117. The summed E-state index contributed by atoms with van der Waals surface area (Å²) in [6, 6.07) is 7.27. The van der Waals surface area contributed by atoms with E-state index in [1.807, 2.05) is 12.1 Å². The maximum atomic E-state index is 12.0. The van der Waals surface area contributed by atoms with Gasteiger partial charge in [-0.3, -0.25) is 14.6 Å². The first-order chi connectivity index (χ1) is 9.69. The Hall–Kier alpha value is -1.14. The summed E-state index contributed by atoms with van der Waals surface area (Å²) in [5.41, 5.74) is 6.21. The normalized spacial score (nSPS) is 17.1. The number of piperazine rings is 1. The van der Waals surface area contributed by atoms with E-state index in [4.69, 9.17) is 17.3 Å². The van der Waals surface area contributed by atoms with Crippen LogP contribution in [0, 0.1) is 0 Å². The molecule has 110 valence electrons. The van der Waals surface area contributed by atoms with Gasteiger partial charge in [-0.2, -0.15) is 0 Å². The van der Waals surface area contributed by atoms with Crippen molar-refractivity contribution >= 4 is 23.2 Å². The Morgan fingerprint density at radius 2 is 1.85 bits per heavy atom. The highest BCUT2D eigenvalue weighted by atomic mass is 35.5. The summed E-state index contributed by atoms with van der Waals surface area (Å²) in [7, 11) is 0. The van der Waals surface area contributed by atoms with Crippen molar-refractivity contribution in [2.45, 2.75) is 0 Å². The SMILES string of the molecule is NCCN1CCN(CC(=O)Nc2ccccc2Cl)CC1. The smallest absolute Gasteiger partial charge is 0.238 e. The molecule has 1 saturated heterocycles. The number of hydrogen-bond donors (Lipinski definition) is 2. The molecule has 0 spiro atoms. The number of hydrogen-bond acceptors (Lipinski definition) is 4. The molecule has 1 amide bonds. The molecule has 0 unspecified atom stereocenters. The van der Waals surface area contributed by atoms with Crippen LogP contribution in [0.3, 0.4) is 0 Å². The van der Waals surface area contributed by atoms with Gasteiger partial charge >= 0.3 is 0 Å².